The molecule has 16 heavy (non-hydrogen) atoms. The number of nitrogens with two attached hydrogens (primary N) is 1. The van der Waals surface area contributed by atoms with E-state index in [0.29, 0.717) is 12.5 Å². The number of aromatic nitrogens is 2. The van der Waals surface area contributed by atoms with Gasteiger partial charge in [0.05, 0.1) is 5.69 Å². The molecule has 0 amide bonds. The third kappa shape index (κ3) is 2.59. The van der Waals surface area contributed by atoms with Crippen molar-refractivity contribution >= 4 is 0 Å². The van der Waals surface area contributed by atoms with Gasteiger partial charge in [-0.2, -0.15) is 0 Å². The van der Waals surface area contributed by atoms with Crippen molar-refractivity contribution in [3.05, 3.63) is 23.3 Å². The lowest BCUT2D eigenvalue weighted by molar-refractivity contribution is 0.433. The smallest absolute Gasteiger partial charge is 0.125 e. The van der Waals surface area contributed by atoms with Crippen LogP contribution in [0.3, 0.4) is 0 Å². The van der Waals surface area contributed by atoms with E-state index in [0.717, 1.165) is 12.2 Å². The van der Waals surface area contributed by atoms with Crippen LogP contribution in [-0.2, 0) is 6.42 Å². The van der Waals surface area contributed by atoms with Gasteiger partial charge in [-0.25, -0.2) is 9.97 Å². The first-order valence-electron chi connectivity index (χ1n) is 6.33. The lowest BCUT2D eigenvalue weighted by Crippen LogP contribution is -2.14. The van der Waals surface area contributed by atoms with Gasteiger partial charge in [0, 0.05) is 12.1 Å². The topological polar surface area (TPSA) is 51.8 Å². The molecule has 3 heteroatoms. The predicted molar refractivity (Wildman–Crippen MR) is 65.4 cm³/mol. The fourth-order valence-electron chi connectivity index (χ4n) is 2.59. The maximum absolute atomic E-state index is 5.64. The normalized spacial score (nSPS) is 17.6. The molecule has 88 valence electrons. The van der Waals surface area contributed by atoms with E-state index in [2.05, 4.69) is 9.97 Å². The largest absolute Gasteiger partial charge is 0.330 e. The Labute approximate surface area is 97.5 Å². The number of hydrogen-bond acceptors (Lipinski definition) is 3. The highest BCUT2D eigenvalue weighted by atomic mass is 14.9. The van der Waals surface area contributed by atoms with Crippen molar-refractivity contribution in [2.45, 2.75) is 51.4 Å². The van der Waals surface area contributed by atoms with Gasteiger partial charge in [0.15, 0.2) is 0 Å². The minimum atomic E-state index is 0.650. The molecule has 0 spiro atoms. The Morgan fingerprint density at radius 3 is 2.75 bits per heavy atom. The van der Waals surface area contributed by atoms with Crippen molar-refractivity contribution in [3.63, 3.8) is 0 Å². The van der Waals surface area contributed by atoms with Crippen LogP contribution in [0.5, 0.6) is 0 Å². The van der Waals surface area contributed by atoms with Gasteiger partial charge in [-0.15, -0.1) is 0 Å². The Kier molecular flexibility index (Phi) is 3.88. The highest BCUT2D eigenvalue weighted by Gasteiger charge is 2.19. The second-order valence-corrected chi connectivity index (χ2v) is 4.70. The lowest BCUT2D eigenvalue weighted by atomic mass is 9.85. The van der Waals surface area contributed by atoms with E-state index < -0.39 is 0 Å². The van der Waals surface area contributed by atoms with E-state index in [1.807, 2.05) is 13.1 Å². The summed E-state index contributed by atoms with van der Waals surface area (Å²) in [5, 5.41) is 0. The molecule has 1 saturated carbocycles. The Balaban J connectivity index is 2.24. The van der Waals surface area contributed by atoms with Crippen LogP contribution in [0.1, 0.15) is 55.1 Å². The highest BCUT2D eigenvalue weighted by Crippen LogP contribution is 2.33. The Morgan fingerprint density at radius 2 is 2.06 bits per heavy atom. The SMILES string of the molecule is Cc1ncc(CCN)c(C2CCCCC2)n1. The summed E-state index contributed by atoms with van der Waals surface area (Å²) in [7, 11) is 0. The van der Waals surface area contributed by atoms with Gasteiger partial charge in [0.25, 0.3) is 0 Å². The van der Waals surface area contributed by atoms with E-state index in [9.17, 15) is 0 Å². The third-order valence-electron chi connectivity index (χ3n) is 3.42. The van der Waals surface area contributed by atoms with Crippen molar-refractivity contribution in [2.24, 2.45) is 5.73 Å². The Hall–Kier alpha value is -0.960. The second-order valence-electron chi connectivity index (χ2n) is 4.70. The quantitative estimate of drug-likeness (QED) is 0.849. The van der Waals surface area contributed by atoms with Crippen molar-refractivity contribution in [3.8, 4) is 0 Å². The average Bonchev–Trinajstić information content (AvgIpc) is 2.33. The monoisotopic (exact) mass is 219 g/mol. The molecular weight excluding hydrogens is 198 g/mol. The third-order valence-corrected chi connectivity index (χ3v) is 3.42. The van der Waals surface area contributed by atoms with E-state index in [-0.39, 0.29) is 0 Å². The van der Waals surface area contributed by atoms with E-state index in [4.69, 9.17) is 5.73 Å². The molecule has 1 aliphatic rings. The van der Waals surface area contributed by atoms with Crippen molar-refractivity contribution in [2.75, 3.05) is 6.54 Å². The molecule has 2 rings (SSSR count). The number of nitrogens with zero attached hydrogens (tertiary/aromatic N) is 2. The molecule has 0 atom stereocenters. The summed E-state index contributed by atoms with van der Waals surface area (Å²) in [6.07, 6.45) is 9.52. The standard InChI is InChI=1S/C13H21N3/c1-10-15-9-12(7-8-14)13(16-10)11-5-3-2-4-6-11/h9,11H,2-8,14H2,1H3. The van der Waals surface area contributed by atoms with E-state index in [1.165, 1.54) is 43.4 Å². The molecule has 1 aromatic heterocycles. The fourth-order valence-corrected chi connectivity index (χ4v) is 2.59. The predicted octanol–water partition coefficient (Wildman–Crippen LogP) is 2.33. The summed E-state index contributed by atoms with van der Waals surface area (Å²) in [5.41, 5.74) is 8.18. The lowest BCUT2D eigenvalue weighted by Gasteiger charge is -2.23. The molecule has 1 aliphatic carbocycles. The minimum Gasteiger partial charge on any atom is -0.330 e. The van der Waals surface area contributed by atoms with Crippen molar-refractivity contribution < 1.29 is 0 Å². The molecule has 0 unspecified atom stereocenters. The van der Waals surface area contributed by atoms with Crippen LogP contribution >= 0.6 is 0 Å². The van der Waals surface area contributed by atoms with Crippen molar-refractivity contribution in [1.82, 2.24) is 9.97 Å². The highest BCUT2D eigenvalue weighted by molar-refractivity contribution is 5.22. The van der Waals surface area contributed by atoms with Crippen molar-refractivity contribution in [1.29, 1.82) is 0 Å². The van der Waals surface area contributed by atoms with Crippen LogP contribution in [0.4, 0.5) is 0 Å². The molecule has 3 nitrogen and oxygen atoms in total. The van der Waals surface area contributed by atoms with Crippen LogP contribution < -0.4 is 5.73 Å². The Morgan fingerprint density at radius 1 is 1.31 bits per heavy atom. The minimum absolute atomic E-state index is 0.650. The zero-order valence-electron chi connectivity index (χ0n) is 10.1. The molecule has 1 fully saturated rings. The van der Waals surface area contributed by atoms with E-state index in [1.54, 1.807) is 0 Å². The summed E-state index contributed by atoms with van der Waals surface area (Å²) in [4.78, 5) is 8.94. The zero-order chi connectivity index (χ0) is 11.4. The van der Waals surface area contributed by atoms with Crippen LogP contribution in [0, 0.1) is 6.92 Å². The van der Waals surface area contributed by atoms with E-state index >= 15 is 0 Å². The van der Waals surface area contributed by atoms with Crippen LogP contribution in [0.2, 0.25) is 0 Å². The van der Waals surface area contributed by atoms with Gasteiger partial charge in [0.1, 0.15) is 5.82 Å². The molecule has 2 N–H and O–H groups in total. The molecule has 0 bridgehead atoms. The van der Waals surface area contributed by atoms with Crippen LogP contribution in [-0.4, -0.2) is 16.5 Å². The van der Waals surface area contributed by atoms with Crippen LogP contribution in [0.15, 0.2) is 6.20 Å². The van der Waals surface area contributed by atoms with Gasteiger partial charge in [-0.1, -0.05) is 19.3 Å². The molecule has 0 radical (unpaired) electrons. The average molecular weight is 219 g/mol. The van der Waals surface area contributed by atoms with Gasteiger partial charge in [0.2, 0.25) is 0 Å². The fraction of sp³-hybridized carbons (Fsp3) is 0.692. The number of rotatable bonds is 3. The summed E-state index contributed by atoms with van der Waals surface area (Å²) in [6, 6.07) is 0. The number of aryl methyl sites for hydroxylation is 1. The van der Waals surface area contributed by atoms with Gasteiger partial charge >= 0.3 is 0 Å². The molecule has 1 aromatic rings. The first-order chi connectivity index (χ1) is 7.81. The Bertz CT molecular complexity index is 343. The van der Waals surface area contributed by atoms with Gasteiger partial charge in [-0.05, 0) is 38.3 Å². The molecule has 0 saturated heterocycles. The number of hydrogen-bond donors (Lipinski definition) is 1. The molecule has 0 aromatic carbocycles. The summed E-state index contributed by atoms with van der Waals surface area (Å²) >= 11 is 0. The van der Waals surface area contributed by atoms with Gasteiger partial charge < -0.3 is 5.73 Å². The first-order valence-corrected chi connectivity index (χ1v) is 6.33. The van der Waals surface area contributed by atoms with Gasteiger partial charge in [-0.3, -0.25) is 0 Å². The zero-order valence-corrected chi connectivity index (χ0v) is 10.1. The summed E-state index contributed by atoms with van der Waals surface area (Å²) < 4.78 is 0. The molecule has 1 heterocycles. The summed E-state index contributed by atoms with van der Waals surface area (Å²) in [5.74, 6) is 1.54. The van der Waals surface area contributed by atoms with Crippen LogP contribution in [0.25, 0.3) is 0 Å². The second kappa shape index (κ2) is 5.39. The first kappa shape index (κ1) is 11.5. The summed E-state index contributed by atoms with van der Waals surface area (Å²) in [6.45, 7) is 2.66. The maximum atomic E-state index is 5.64. The maximum Gasteiger partial charge on any atom is 0.125 e. The molecule has 0 aliphatic heterocycles. The molecular formula is C13H21N3.